The number of aryl methyl sites for hydroxylation is 1. The fourth-order valence-corrected chi connectivity index (χ4v) is 4.47. The molecule has 0 spiro atoms. The first-order valence-electron chi connectivity index (χ1n) is 10.3. The molecule has 3 aromatic heterocycles. The summed E-state index contributed by atoms with van der Waals surface area (Å²) in [7, 11) is 0. The number of nitrogens with one attached hydrogen (secondary N) is 1. The number of benzene rings is 1. The summed E-state index contributed by atoms with van der Waals surface area (Å²) in [5.41, 5.74) is 3.95. The molecule has 7 heteroatoms. The van der Waals surface area contributed by atoms with Crippen LogP contribution in [0.5, 0.6) is 0 Å². The van der Waals surface area contributed by atoms with Gasteiger partial charge in [-0.15, -0.1) is 0 Å². The smallest absolute Gasteiger partial charge is 0.170 e. The normalized spacial score (nSPS) is 18.1. The quantitative estimate of drug-likeness (QED) is 0.376. The molecule has 0 unspecified atom stereocenters. The highest BCUT2D eigenvalue weighted by atomic mass is 35.5. The van der Waals surface area contributed by atoms with Gasteiger partial charge >= 0.3 is 0 Å². The van der Waals surface area contributed by atoms with Crippen LogP contribution >= 0.6 is 23.8 Å². The van der Waals surface area contributed by atoms with Crippen molar-refractivity contribution >= 4 is 28.9 Å². The Hall–Kier alpha value is -3.22. The van der Waals surface area contributed by atoms with Gasteiger partial charge < -0.3 is 14.6 Å². The number of hydrogen-bond donors (Lipinski definition) is 1. The van der Waals surface area contributed by atoms with E-state index in [4.69, 9.17) is 28.2 Å². The number of hydrogen-bond acceptors (Lipinski definition) is 4. The molecule has 0 aliphatic carbocycles. The summed E-state index contributed by atoms with van der Waals surface area (Å²) in [4.78, 5) is 11.0. The van der Waals surface area contributed by atoms with E-state index in [2.05, 4.69) is 20.2 Å². The van der Waals surface area contributed by atoms with E-state index in [1.807, 2.05) is 73.8 Å². The van der Waals surface area contributed by atoms with Crippen LogP contribution in [0.1, 0.15) is 34.7 Å². The molecule has 4 aromatic rings. The fraction of sp³-hybridized carbons (Fsp3) is 0.160. The van der Waals surface area contributed by atoms with E-state index in [0.29, 0.717) is 16.7 Å². The monoisotopic (exact) mass is 460 g/mol. The number of nitrogens with zero attached hydrogens (tertiary/aromatic N) is 3. The van der Waals surface area contributed by atoms with E-state index >= 15 is 0 Å². The second kappa shape index (κ2) is 8.73. The van der Waals surface area contributed by atoms with Gasteiger partial charge in [-0.2, -0.15) is 0 Å². The number of pyridine rings is 2. The molecule has 0 bridgehead atoms. The third kappa shape index (κ3) is 3.99. The Morgan fingerprint density at radius 1 is 1.09 bits per heavy atom. The SMILES string of the molecule is Cc1ccc(-c2ccc([C@H]3[C@@H](c4ccccn4)NC(=S)N3Cc3cccnc3)o2)cc1Cl. The molecule has 4 heterocycles. The molecule has 1 aliphatic rings. The Balaban J connectivity index is 1.54. The predicted octanol–water partition coefficient (Wildman–Crippen LogP) is 5.87. The highest BCUT2D eigenvalue weighted by Crippen LogP contribution is 2.41. The predicted molar refractivity (Wildman–Crippen MR) is 129 cm³/mol. The maximum absolute atomic E-state index is 6.37. The van der Waals surface area contributed by atoms with Crippen LogP contribution in [0.2, 0.25) is 5.02 Å². The van der Waals surface area contributed by atoms with Crippen LogP contribution in [0.15, 0.2) is 83.7 Å². The minimum absolute atomic E-state index is 0.138. The van der Waals surface area contributed by atoms with Gasteiger partial charge in [0.05, 0.1) is 11.7 Å². The molecule has 5 rings (SSSR count). The average molecular weight is 461 g/mol. The van der Waals surface area contributed by atoms with Gasteiger partial charge in [0.2, 0.25) is 0 Å². The van der Waals surface area contributed by atoms with Gasteiger partial charge in [0, 0.05) is 35.7 Å². The van der Waals surface area contributed by atoms with Crippen molar-refractivity contribution < 1.29 is 4.42 Å². The molecule has 1 aromatic carbocycles. The van der Waals surface area contributed by atoms with Crippen LogP contribution in [-0.4, -0.2) is 20.0 Å². The van der Waals surface area contributed by atoms with Crippen LogP contribution in [0, 0.1) is 6.92 Å². The number of rotatable bonds is 5. The summed E-state index contributed by atoms with van der Waals surface area (Å²) < 4.78 is 6.37. The van der Waals surface area contributed by atoms with Crippen molar-refractivity contribution in [2.24, 2.45) is 0 Å². The van der Waals surface area contributed by atoms with E-state index in [0.717, 1.165) is 33.9 Å². The maximum Gasteiger partial charge on any atom is 0.170 e. The standard InChI is InChI=1S/C25H21ClN4OS/c1-16-7-8-18(13-19(16)26)21-9-10-22(31-21)24-23(20-6-2-3-12-28-20)29-25(32)30(24)15-17-5-4-11-27-14-17/h2-14,23-24H,15H2,1H3,(H,29,32)/t23-,24+/m1/s1. The van der Waals surface area contributed by atoms with E-state index in [1.54, 1.807) is 12.4 Å². The molecule has 160 valence electrons. The molecule has 1 N–H and O–H groups in total. The van der Waals surface area contributed by atoms with Gasteiger partial charge in [0.1, 0.15) is 17.6 Å². The minimum atomic E-state index is -0.160. The zero-order valence-corrected chi connectivity index (χ0v) is 19.0. The summed E-state index contributed by atoms with van der Waals surface area (Å²) >= 11 is 12.1. The van der Waals surface area contributed by atoms with E-state index in [9.17, 15) is 0 Å². The van der Waals surface area contributed by atoms with Gasteiger partial charge in [-0.05, 0) is 66.7 Å². The van der Waals surface area contributed by atoms with Gasteiger partial charge in [-0.25, -0.2) is 0 Å². The zero-order chi connectivity index (χ0) is 22.1. The van der Waals surface area contributed by atoms with Crippen molar-refractivity contribution in [1.29, 1.82) is 0 Å². The van der Waals surface area contributed by atoms with Gasteiger partial charge in [-0.1, -0.05) is 35.9 Å². The second-order valence-electron chi connectivity index (χ2n) is 7.78. The Kier molecular flexibility index (Phi) is 5.64. The lowest BCUT2D eigenvalue weighted by Gasteiger charge is -2.26. The van der Waals surface area contributed by atoms with Crippen molar-refractivity contribution in [2.45, 2.75) is 25.6 Å². The summed E-state index contributed by atoms with van der Waals surface area (Å²) in [5.74, 6) is 1.57. The number of furan rings is 1. The second-order valence-corrected chi connectivity index (χ2v) is 8.58. The fourth-order valence-electron chi connectivity index (χ4n) is 3.99. The Morgan fingerprint density at radius 2 is 2.00 bits per heavy atom. The summed E-state index contributed by atoms with van der Waals surface area (Å²) in [6.45, 7) is 2.60. The van der Waals surface area contributed by atoms with Crippen molar-refractivity contribution in [2.75, 3.05) is 0 Å². The average Bonchev–Trinajstić information content (AvgIpc) is 3.42. The molecule has 1 fully saturated rings. The molecule has 32 heavy (non-hydrogen) atoms. The maximum atomic E-state index is 6.37. The number of aromatic nitrogens is 2. The van der Waals surface area contributed by atoms with Crippen LogP contribution in [0.25, 0.3) is 11.3 Å². The van der Waals surface area contributed by atoms with Crippen LogP contribution in [0.4, 0.5) is 0 Å². The number of halogens is 1. The first kappa shape index (κ1) is 20.7. The van der Waals surface area contributed by atoms with Crippen molar-refractivity contribution in [3.8, 4) is 11.3 Å². The van der Waals surface area contributed by atoms with Crippen molar-refractivity contribution in [1.82, 2.24) is 20.2 Å². The Labute approximate surface area is 197 Å². The van der Waals surface area contributed by atoms with E-state index < -0.39 is 0 Å². The molecule has 1 saturated heterocycles. The van der Waals surface area contributed by atoms with Crippen molar-refractivity contribution in [3.05, 3.63) is 107 Å². The molecule has 2 atom stereocenters. The molecule has 1 aliphatic heterocycles. The largest absolute Gasteiger partial charge is 0.459 e. The molecular weight excluding hydrogens is 440 g/mol. The van der Waals surface area contributed by atoms with Gasteiger partial charge in [0.15, 0.2) is 5.11 Å². The van der Waals surface area contributed by atoms with Gasteiger partial charge in [0.25, 0.3) is 0 Å². The van der Waals surface area contributed by atoms with Crippen LogP contribution < -0.4 is 5.32 Å². The lowest BCUT2D eigenvalue weighted by atomic mass is 10.0. The lowest BCUT2D eigenvalue weighted by Crippen LogP contribution is -2.29. The topological polar surface area (TPSA) is 54.2 Å². The Morgan fingerprint density at radius 3 is 2.75 bits per heavy atom. The summed E-state index contributed by atoms with van der Waals surface area (Å²) in [6.07, 6.45) is 5.42. The zero-order valence-electron chi connectivity index (χ0n) is 17.4. The first-order valence-corrected chi connectivity index (χ1v) is 11.1. The van der Waals surface area contributed by atoms with Crippen LogP contribution in [-0.2, 0) is 6.54 Å². The molecule has 0 radical (unpaired) electrons. The third-order valence-electron chi connectivity index (χ3n) is 5.65. The Bertz CT molecular complexity index is 1250. The minimum Gasteiger partial charge on any atom is -0.459 e. The highest BCUT2D eigenvalue weighted by Gasteiger charge is 2.41. The molecule has 0 amide bonds. The van der Waals surface area contributed by atoms with E-state index in [-0.39, 0.29) is 12.1 Å². The third-order valence-corrected chi connectivity index (χ3v) is 6.41. The molecule has 5 nitrogen and oxygen atoms in total. The first-order chi connectivity index (χ1) is 15.6. The molecule has 0 saturated carbocycles. The van der Waals surface area contributed by atoms with Gasteiger partial charge in [-0.3, -0.25) is 9.97 Å². The number of thiocarbonyl (C=S) groups is 1. The van der Waals surface area contributed by atoms with Crippen LogP contribution in [0.3, 0.4) is 0 Å². The summed E-state index contributed by atoms with van der Waals surface area (Å²) in [6, 6.07) is 19.5. The van der Waals surface area contributed by atoms with Crippen molar-refractivity contribution in [3.63, 3.8) is 0 Å². The molecular formula is C25H21ClN4OS. The van der Waals surface area contributed by atoms with E-state index in [1.165, 1.54) is 0 Å². The highest BCUT2D eigenvalue weighted by molar-refractivity contribution is 7.80. The lowest BCUT2D eigenvalue weighted by molar-refractivity contribution is 0.269. The summed E-state index contributed by atoms with van der Waals surface area (Å²) in [5, 5.41) is 4.82.